The van der Waals surface area contributed by atoms with E-state index in [4.69, 9.17) is 4.74 Å². The van der Waals surface area contributed by atoms with E-state index in [1.54, 1.807) is 0 Å². The molecule has 1 aromatic rings. The zero-order valence-electron chi connectivity index (χ0n) is 11.9. The van der Waals surface area contributed by atoms with Gasteiger partial charge in [0.05, 0.1) is 0 Å². The van der Waals surface area contributed by atoms with Gasteiger partial charge in [0.2, 0.25) is 0 Å². The fourth-order valence-electron chi connectivity index (χ4n) is 2.97. The predicted octanol–water partition coefficient (Wildman–Crippen LogP) is 2.47. The van der Waals surface area contributed by atoms with Crippen molar-refractivity contribution in [1.29, 1.82) is 0 Å². The molecular weight excluding hydrogens is 238 g/mol. The fourth-order valence-corrected chi connectivity index (χ4v) is 2.97. The number of carbonyl (C=O) groups excluding carboxylic acids is 1. The Labute approximate surface area is 114 Å². The molecule has 1 heterocycles. The molecule has 0 bridgehead atoms. The second-order valence-electron chi connectivity index (χ2n) is 6.00. The van der Waals surface area contributed by atoms with Crippen LogP contribution in [0.4, 0.5) is 0 Å². The van der Waals surface area contributed by atoms with E-state index in [2.05, 4.69) is 13.0 Å². The first-order valence-electron chi connectivity index (χ1n) is 7.03. The van der Waals surface area contributed by atoms with Gasteiger partial charge >= 0.3 is 0 Å². The Morgan fingerprint density at radius 2 is 1.84 bits per heavy atom. The van der Waals surface area contributed by atoms with Gasteiger partial charge in [0.15, 0.2) is 6.61 Å². The molecule has 0 radical (unpaired) electrons. The van der Waals surface area contributed by atoms with Crippen molar-refractivity contribution in [1.82, 2.24) is 4.90 Å². The molecule has 3 nitrogen and oxygen atoms in total. The third-order valence-corrected chi connectivity index (χ3v) is 4.55. The number of rotatable bonds is 3. The molecular formula is C16H21NO2. The molecule has 1 aliphatic heterocycles. The van der Waals surface area contributed by atoms with E-state index < -0.39 is 0 Å². The van der Waals surface area contributed by atoms with Crippen LogP contribution in [0, 0.1) is 32.6 Å². The van der Waals surface area contributed by atoms with Crippen molar-refractivity contribution in [3.8, 4) is 5.75 Å². The van der Waals surface area contributed by atoms with Crippen LogP contribution in [0.1, 0.15) is 23.1 Å². The van der Waals surface area contributed by atoms with Crippen LogP contribution in [0.5, 0.6) is 5.75 Å². The molecule has 1 saturated heterocycles. The van der Waals surface area contributed by atoms with Crippen LogP contribution < -0.4 is 4.74 Å². The van der Waals surface area contributed by atoms with Gasteiger partial charge in [0.1, 0.15) is 5.75 Å². The molecule has 1 aliphatic carbocycles. The molecule has 2 unspecified atom stereocenters. The molecule has 2 aliphatic rings. The zero-order valence-corrected chi connectivity index (χ0v) is 11.9. The minimum absolute atomic E-state index is 0.132. The van der Waals surface area contributed by atoms with Crippen LogP contribution in [-0.4, -0.2) is 30.5 Å². The monoisotopic (exact) mass is 259 g/mol. The summed E-state index contributed by atoms with van der Waals surface area (Å²) in [6, 6.07) is 4.14. The van der Waals surface area contributed by atoms with E-state index in [9.17, 15) is 4.79 Å². The normalized spacial score (nSPS) is 24.3. The number of aryl methyl sites for hydroxylation is 2. The average molecular weight is 259 g/mol. The summed E-state index contributed by atoms with van der Waals surface area (Å²) < 4.78 is 5.78. The molecule has 1 saturated carbocycles. The van der Waals surface area contributed by atoms with Gasteiger partial charge in [0.25, 0.3) is 5.91 Å². The van der Waals surface area contributed by atoms with Gasteiger partial charge in [-0.25, -0.2) is 0 Å². The Hall–Kier alpha value is -1.51. The van der Waals surface area contributed by atoms with E-state index in [0.717, 1.165) is 41.8 Å². The molecule has 2 fully saturated rings. The first-order valence-corrected chi connectivity index (χ1v) is 7.03. The standard InChI is InChI=1S/C16H21NO2/c1-10-4-5-11(2)16(12(10)3)19-9-15(18)17-7-13-6-14(13)8-17/h4-5,13-14H,6-9H2,1-3H3. The van der Waals surface area contributed by atoms with Crippen molar-refractivity contribution in [2.45, 2.75) is 27.2 Å². The number of amides is 1. The summed E-state index contributed by atoms with van der Waals surface area (Å²) in [4.78, 5) is 14.1. The first kappa shape index (κ1) is 12.5. The lowest BCUT2D eigenvalue weighted by Gasteiger charge is -2.19. The summed E-state index contributed by atoms with van der Waals surface area (Å²) >= 11 is 0. The van der Waals surface area contributed by atoms with Gasteiger partial charge in [-0.3, -0.25) is 4.79 Å². The molecule has 2 atom stereocenters. The molecule has 102 valence electrons. The van der Waals surface area contributed by atoms with Crippen molar-refractivity contribution in [3.63, 3.8) is 0 Å². The molecule has 1 amide bonds. The summed E-state index contributed by atoms with van der Waals surface area (Å²) in [6.45, 7) is 8.20. The number of carbonyl (C=O) groups is 1. The molecule has 0 aromatic heterocycles. The number of ether oxygens (including phenoxy) is 1. The number of hydrogen-bond donors (Lipinski definition) is 0. The number of piperidine rings is 1. The number of nitrogens with zero attached hydrogens (tertiary/aromatic N) is 1. The van der Waals surface area contributed by atoms with Crippen LogP contribution in [0.15, 0.2) is 12.1 Å². The lowest BCUT2D eigenvalue weighted by molar-refractivity contribution is -0.132. The van der Waals surface area contributed by atoms with Crippen LogP contribution in [0.2, 0.25) is 0 Å². The maximum Gasteiger partial charge on any atom is 0.260 e. The minimum Gasteiger partial charge on any atom is -0.483 e. The van der Waals surface area contributed by atoms with Crippen molar-refractivity contribution < 1.29 is 9.53 Å². The number of likely N-dealkylation sites (tertiary alicyclic amines) is 1. The Morgan fingerprint density at radius 3 is 2.53 bits per heavy atom. The maximum absolute atomic E-state index is 12.1. The minimum atomic E-state index is 0.132. The van der Waals surface area contributed by atoms with Crippen LogP contribution >= 0.6 is 0 Å². The fraction of sp³-hybridized carbons (Fsp3) is 0.562. The molecule has 3 rings (SSSR count). The molecule has 1 aromatic carbocycles. The molecule has 0 spiro atoms. The average Bonchev–Trinajstić information content (AvgIpc) is 3.00. The van der Waals surface area contributed by atoms with E-state index in [-0.39, 0.29) is 12.5 Å². The van der Waals surface area contributed by atoms with Gasteiger partial charge in [-0.2, -0.15) is 0 Å². The van der Waals surface area contributed by atoms with Crippen LogP contribution in [0.3, 0.4) is 0 Å². The lowest BCUT2D eigenvalue weighted by atomic mass is 10.1. The topological polar surface area (TPSA) is 29.5 Å². The zero-order chi connectivity index (χ0) is 13.6. The van der Waals surface area contributed by atoms with Gasteiger partial charge < -0.3 is 9.64 Å². The predicted molar refractivity (Wildman–Crippen MR) is 74.3 cm³/mol. The number of hydrogen-bond acceptors (Lipinski definition) is 2. The highest BCUT2D eigenvalue weighted by Gasteiger charge is 2.46. The largest absolute Gasteiger partial charge is 0.483 e. The third-order valence-electron chi connectivity index (χ3n) is 4.55. The van der Waals surface area contributed by atoms with Gasteiger partial charge in [-0.05, 0) is 55.7 Å². The first-order chi connectivity index (χ1) is 9.06. The Kier molecular flexibility index (Phi) is 3.00. The second kappa shape index (κ2) is 4.55. The summed E-state index contributed by atoms with van der Waals surface area (Å²) in [5.74, 6) is 2.57. The van der Waals surface area contributed by atoms with Gasteiger partial charge in [-0.15, -0.1) is 0 Å². The van der Waals surface area contributed by atoms with Crippen molar-refractivity contribution in [2.24, 2.45) is 11.8 Å². The Bertz CT molecular complexity index is 514. The van der Waals surface area contributed by atoms with E-state index in [1.165, 1.54) is 12.0 Å². The smallest absolute Gasteiger partial charge is 0.260 e. The van der Waals surface area contributed by atoms with Crippen LogP contribution in [0.25, 0.3) is 0 Å². The SMILES string of the molecule is Cc1ccc(C)c(OCC(=O)N2CC3CC3C2)c1C. The summed E-state index contributed by atoms with van der Waals surface area (Å²) in [5.41, 5.74) is 3.44. The van der Waals surface area contributed by atoms with Crippen molar-refractivity contribution in [3.05, 3.63) is 28.8 Å². The summed E-state index contributed by atoms with van der Waals surface area (Å²) in [6.07, 6.45) is 1.32. The van der Waals surface area contributed by atoms with Crippen LogP contribution in [-0.2, 0) is 4.79 Å². The number of fused-ring (bicyclic) bond motifs is 1. The molecule has 3 heteroatoms. The highest BCUT2D eigenvalue weighted by Crippen LogP contribution is 2.44. The Morgan fingerprint density at radius 1 is 1.21 bits per heavy atom. The third kappa shape index (κ3) is 2.34. The highest BCUT2D eigenvalue weighted by atomic mass is 16.5. The van der Waals surface area contributed by atoms with Crippen molar-refractivity contribution >= 4 is 5.91 Å². The van der Waals surface area contributed by atoms with E-state index in [1.807, 2.05) is 24.8 Å². The molecule has 19 heavy (non-hydrogen) atoms. The number of benzene rings is 1. The Balaban J connectivity index is 1.63. The molecule has 0 N–H and O–H groups in total. The van der Waals surface area contributed by atoms with Gasteiger partial charge in [0, 0.05) is 13.1 Å². The maximum atomic E-state index is 12.1. The summed E-state index contributed by atoms with van der Waals surface area (Å²) in [5, 5.41) is 0. The highest BCUT2D eigenvalue weighted by molar-refractivity contribution is 5.78. The lowest BCUT2D eigenvalue weighted by Crippen LogP contribution is -2.34. The van der Waals surface area contributed by atoms with Crippen molar-refractivity contribution in [2.75, 3.05) is 19.7 Å². The van der Waals surface area contributed by atoms with Gasteiger partial charge in [-0.1, -0.05) is 12.1 Å². The van der Waals surface area contributed by atoms with E-state index in [0.29, 0.717) is 0 Å². The second-order valence-corrected chi connectivity index (χ2v) is 6.00. The van der Waals surface area contributed by atoms with E-state index >= 15 is 0 Å². The summed E-state index contributed by atoms with van der Waals surface area (Å²) in [7, 11) is 0. The quantitative estimate of drug-likeness (QED) is 0.834.